The fourth-order valence-corrected chi connectivity index (χ4v) is 4.56. The summed E-state index contributed by atoms with van der Waals surface area (Å²) < 4.78 is 64.1. The zero-order valence-electron chi connectivity index (χ0n) is 10.8. The molecule has 0 bridgehead atoms. The van der Waals surface area contributed by atoms with Crippen LogP contribution < -0.4 is 10.0 Å². The molecule has 9 heteroatoms. The van der Waals surface area contributed by atoms with E-state index in [1.165, 1.54) is 6.07 Å². The molecule has 1 fully saturated rings. The Morgan fingerprint density at radius 1 is 1.35 bits per heavy atom. The van der Waals surface area contributed by atoms with Crippen LogP contribution in [-0.2, 0) is 16.4 Å². The molecule has 1 saturated carbocycles. The number of alkyl halides is 3. The van der Waals surface area contributed by atoms with E-state index >= 15 is 0 Å². The Hall–Kier alpha value is -0.640. The Kier molecular flexibility index (Phi) is 4.16. The quantitative estimate of drug-likeness (QED) is 0.838. The molecule has 0 amide bonds. The maximum Gasteiger partial charge on any atom is 0.407 e. The molecule has 0 spiro atoms. The summed E-state index contributed by atoms with van der Waals surface area (Å²) in [5, 5.41) is 2.93. The summed E-state index contributed by atoms with van der Waals surface area (Å²) in [5.41, 5.74) is -2.26. The number of nitrogens with one attached hydrogen (secondary N) is 2. The summed E-state index contributed by atoms with van der Waals surface area (Å²) in [7, 11) is -2.34. The van der Waals surface area contributed by atoms with Gasteiger partial charge in [0, 0.05) is 4.88 Å². The third kappa shape index (κ3) is 3.16. The van der Waals surface area contributed by atoms with E-state index < -0.39 is 21.7 Å². The van der Waals surface area contributed by atoms with E-state index in [0.717, 1.165) is 16.2 Å². The van der Waals surface area contributed by atoms with Crippen molar-refractivity contribution in [2.45, 2.75) is 35.2 Å². The Morgan fingerprint density at radius 2 is 2.00 bits per heavy atom. The Morgan fingerprint density at radius 3 is 2.50 bits per heavy atom. The van der Waals surface area contributed by atoms with Gasteiger partial charge in [0.25, 0.3) is 10.0 Å². The van der Waals surface area contributed by atoms with Crippen molar-refractivity contribution in [1.82, 2.24) is 10.0 Å². The first-order chi connectivity index (χ1) is 9.20. The van der Waals surface area contributed by atoms with E-state index in [4.69, 9.17) is 0 Å². The first kappa shape index (κ1) is 15.7. The lowest BCUT2D eigenvalue weighted by atomic mass is 10.3. The molecule has 0 unspecified atom stereocenters. The molecule has 0 saturated heterocycles. The average molecular weight is 328 g/mol. The molecule has 4 nitrogen and oxygen atoms in total. The highest BCUT2D eigenvalue weighted by Gasteiger charge is 2.65. The van der Waals surface area contributed by atoms with Crippen LogP contribution in [0.5, 0.6) is 0 Å². The fourth-order valence-electron chi connectivity index (χ4n) is 1.76. The Balaban J connectivity index is 2.13. The van der Waals surface area contributed by atoms with Crippen LogP contribution in [0, 0.1) is 0 Å². The molecule has 114 valence electrons. The molecule has 2 N–H and O–H groups in total. The van der Waals surface area contributed by atoms with E-state index in [0.29, 0.717) is 13.0 Å². The number of sulfonamides is 1. The van der Waals surface area contributed by atoms with Crippen molar-refractivity contribution in [3.05, 3.63) is 17.0 Å². The molecule has 0 atom stereocenters. The Labute approximate surface area is 119 Å². The van der Waals surface area contributed by atoms with Gasteiger partial charge in [-0.2, -0.15) is 17.9 Å². The van der Waals surface area contributed by atoms with Gasteiger partial charge in [0.2, 0.25) is 0 Å². The molecule has 1 heterocycles. The van der Waals surface area contributed by atoms with Crippen LogP contribution in [0.25, 0.3) is 0 Å². The molecule has 2 rings (SSSR count). The first-order valence-electron chi connectivity index (χ1n) is 6.04. The van der Waals surface area contributed by atoms with Gasteiger partial charge in [0.05, 0.1) is 0 Å². The molecule has 1 aromatic heterocycles. The highest BCUT2D eigenvalue weighted by Crippen LogP contribution is 2.49. The summed E-state index contributed by atoms with van der Waals surface area (Å²) in [6.45, 7) is 0.680. The summed E-state index contributed by atoms with van der Waals surface area (Å²) >= 11 is 1.00. The molecular weight excluding hydrogens is 313 g/mol. The zero-order valence-corrected chi connectivity index (χ0v) is 12.4. The molecule has 0 aromatic carbocycles. The van der Waals surface area contributed by atoms with E-state index in [2.05, 4.69) is 5.32 Å². The zero-order chi connectivity index (χ0) is 15.0. The Bertz CT molecular complexity index is 577. The van der Waals surface area contributed by atoms with Crippen molar-refractivity contribution in [1.29, 1.82) is 0 Å². The number of thiophene rings is 1. The van der Waals surface area contributed by atoms with Crippen LogP contribution >= 0.6 is 11.3 Å². The largest absolute Gasteiger partial charge is 0.407 e. The van der Waals surface area contributed by atoms with Crippen LogP contribution in [0.4, 0.5) is 13.2 Å². The standard InChI is InChI=1S/C11H15F3N2O2S2/c1-15-7-4-8-2-3-9(19-8)20(17,18)16-10(5-6-10)11(12,13)14/h2-3,15-16H,4-7H2,1H3. The number of rotatable bonds is 6. The van der Waals surface area contributed by atoms with Crippen molar-refractivity contribution in [3.8, 4) is 0 Å². The van der Waals surface area contributed by atoms with Crippen molar-refractivity contribution in [3.63, 3.8) is 0 Å². The fraction of sp³-hybridized carbons (Fsp3) is 0.636. The minimum Gasteiger partial charge on any atom is -0.319 e. The second-order valence-corrected chi connectivity index (χ2v) is 7.84. The topological polar surface area (TPSA) is 58.2 Å². The van der Waals surface area contributed by atoms with Gasteiger partial charge >= 0.3 is 6.18 Å². The number of halogens is 3. The van der Waals surface area contributed by atoms with Gasteiger partial charge in [0.1, 0.15) is 9.75 Å². The molecule has 1 aliphatic rings. The molecule has 0 aliphatic heterocycles. The summed E-state index contributed by atoms with van der Waals surface area (Å²) in [5.74, 6) is 0. The van der Waals surface area contributed by atoms with Gasteiger partial charge in [-0.1, -0.05) is 0 Å². The lowest BCUT2D eigenvalue weighted by Gasteiger charge is -2.19. The molecule has 0 radical (unpaired) electrons. The summed E-state index contributed by atoms with van der Waals surface area (Å²) in [6, 6.07) is 2.98. The number of hydrogen-bond donors (Lipinski definition) is 2. The maximum absolute atomic E-state index is 12.8. The van der Waals surface area contributed by atoms with Crippen LogP contribution in [0.2, 0.25) is 0 Å². The number of hydrogen-bond acceptors (Lipinski definition) is 4. The highest BCUT2D eigenvalue weighted by atomic mass is 32.2. The van der Waals surface area contributed by atoms with Crippen molar-refractivity contribution in [2.24, 2.45) is 0 Å². The van der Waals surface area contributed by atoms with Crippen molar-refractivity contribution in [2.75, 3.05) is 13.6 Å². The lowest BCUT2D eigenvalue weighted by molar-refractivity contribution is -0.160. The van der Waals surface area contributed by atoms with Crippen LogP contribution in [0.15, 0.2) is 16.3 Å². The van der Waals surface area contributed by atoms with Crippen LogP contribution in [0.3, 0.4) is 0 Å². The second kappa shape index (κ2) is 5.28. The summed E-state index contributed by atoms with van der Waals surface area (Å²) in [6.07, 6.45) is -4.31. The van der Waals surface area contributed by atoms with Crippen molar-refractivity contribution < 1.29 is 21.6 Å². The normalized spacial score (nSPS) is 18.2. The van der Waals surface area contributed by atoms with Crippen molar-refractivity contribution >= 4 is 21.4 Å². The molecular formula is C11H15F3N2O2S2. The lowest BCUT2D eigenvalue weighted by Crippen LogP contribution is -2.47. The van der Waals surface area contributed by atoms with Gasteiger partial charge in [0.15, 0.2) is 0 Å². The minimum absolute atomic E-state index is 0.0703. The average Bonchev–Trinajstić information content (AvgIpc) is 2.94. The van der Waals surface area contributed by atoms with Gasteiger partial charge in [-0.25, -0.2) is 8.42 Å². The third-order valence-electron chi connectivity index (χ3n) is 3.15. The van der Waals surface area contributed by atoms with E-state index in [9.17, 15) is 21.6 Å². The van der Waals surface area contributed by atoms with Gasteiger partial charge in [-0.3, -0.25) is 0 Å². The van der Waals surface area contributed by atoms with E-state index in [1.54, 1.807) is 13.1 Å². The van der Waals surface area contributed by atoms with Crippen LogP contribution in [0.1, 0.15) is 17.7 Å². The second-order valence-electron chi connectivity index (χ2n) is 4.76. The minimum atomic E-state index is -4.55. The predicted octanol–water partition coefficient (Wildman–Crippen LogP) is 1.88. The van der Waals surface area contributed by atoms with Gasteiger partial charge in [-0.05, 0) is 45.0 Å². The molecule has 1 aromatic rings. The van der Waals surface area contributed by atoms with E-state index in [1.807, 2.05) is 4.72 Å². The predicted molar refractivity (Wildman–Crippen MR) is 70.3 cm³/mol. The SMILES string of the molecule is CNCCc1ccc(S(=O)(=O)NC2(C(F)(F)F)CC2)s1. The highest BCUT2D eigenvalue weighted by molar-refractivity contribution is 7.91. The molecule has 1 aliphatic carbocycles. The summed E-state index contributed by atoms with van der Waals surface area (Å²) in [4.78, 5) is 0.816. The molecule has 20 heavy (non-hydrogen) atoms. The van der Waals surface area contributed by atoms with Gasteiger partial charge in [-0.15, -0.1) is 11.3 Å². The monoisotopic (exact) mass is 328 g/mol. The third-order valence-corrected chi connectivity index (χ3v) is 6.32. The van der Waals surface area contributed by atoms with E-state index in [-0.39, 0.29) is 17.1 Å². The first-order valence-corrected chi connectivity index (χ1v) is 8.34. The number of likely N-dealkylation sites (N-methyl/N-ethyl adjacent to an activating group) is 1. The smallest absolute Gasteiger partial charge is 0.319 e. The maximum atomic E-state index is 12.8. The van der Waals surface area contributed by atoms with Crippen LogP contribution in [-0.4, -0.2) is 33.7 Å². The van der Waals surface area contributed by atoms with Gasteiger partial charge < -0.3 is 5.32 Å².